The van der Waals surface area contributed by atoms with Gasteiger partial charge in [-0.3, -0.25) is 15.0 Å². The lowest BCUT2D eigenvalue weighted by Gasteiger charge is -2.24. The third-order valence-corrected chi connectivity index (χ3v) is 5.98. The van der Waals surface area contributed by atoms with Crippen molar-refractivity contribution in [2.45, 2.75) is 34.1 Å². The number of benzene rings is 2. The minimum absolute atomic E-state index is 0.131. The number of anilines is 1. The summed E-state index contributed by atoms with van der Waals surface area (Å²) < 4.78 is 5.26. The van der Waals surface area contributed by atoms with Crippen molar-refractivity contribution in [3.63, 3.8) is 0 Å². The zero-order chi connectivity index (χ0) is 23.3. The number of rotatable bonds is 7. The summed E-state index contributed by atoms with van der Waals surface area (Å²) in [4.78, 5) is 39.5. The van der Waals surface area contributed by atoms with Gasteiger partial charge in [-0.05, 0) is 35.2 Å². The Balaban J connectivity index is 2.05. The summed E-state index contributed by atoms with van der Waals surface area (Å²) >= 11 is 1.38. The van der Waals surface area contributed by atoms with Crippen LogP contribution in [0.2, 0.25) is 0 Å². The number of nitrogens with one attached hydrogen (secondary N) is 1. The first kappa shape index (κ1) is 23.5. The summed E-state index contributed by atoms with van der Waals surface area (Å²) in [5.74, 6) is -0.798. The summed E-state index contributed by atoms with van der Waals surface area (Å²) in [6, 6.07) is 15.6. The van der Waals surface area contributed by atoms with Gasteiger partial charge in [0.2, 0.25) is 5.91 Å². The zero-order valence-corrected chi connectivity index (χ0v) is 19.6. The third kappa shape index (κ3) is 5.53. The molecule has 0 radical (unpaired) electrons. The Morgan fingerprint density at radius 3 is 2.50 bits per heavy atom. The molecule has 0 aliphatic carbocycles. The molecule has 0 spiro atoms. The molecule has 32 heavy (non-hydrogen) atoms. The molecule has 0 fully saturated rings. The Morgan fingerprint density at radius 2 is 1.81 bits per heavy atom. The van der Waals surface area contributed by atoms with Crippen molar-refractivity contribution < 1.29 is 19.1 Å². The highest BCUT2D eigenvalue weighted by Gasteiger charge is 2.27. The molecule has 0 unspecified atom stereocenters. The van der Waals surface area contributed by atoms with Crippen LogP contribution < -0.4 is 10.2 Å². The van der Waals surface area contributed by atoms with Crippen molar-refractivity contribution in [1.82, 2.24) is 5.32 Å². The standard InChI is InChI=1S/C25H28N2O4S/c1-5-31-24(29)22-14-20(13-19-11-8-10-18-9-6-7-12-21(18)19)32-23(22)27(15-16(2)3)25(30)26-17(4)28/h6-12,14,16H,5,13,15H2,1-4H3,(H,26,28,30). The summed E-state index contributed by atoms with van der Waals surface area (Å²) in [6.45, 7) is 7.58. The van der Waals surface area contributed by atoms with Gasteiger partial charge < -0.3 is 4.74 Å². The lowest BCUT2D eigenvalue weighted by molar-refractivity contribution is -0.117. The van der Waals surface area contributed by atoms with E-state index in [0.717, 1.165) is 21.2 Å². The summed E-state index contributed by atoms with van der Waals surface area (Å²) in [6.07, 6.45) is 0.613. The van der Waals surface area contributed by atoms with Crippen LogP contribution in [0.3, 0.4) is 0 Å². The largest absolute Gasteiger partial charge is 0.462 e. The fourth-order valence-electron chi connectivity index (χ4n) is 3.55. The minimum Gasteiger partial charge on any atom is -0.462 e. The fraction of sp³-hybridized carbons (Fsp3) is 0.320. The van der Waals surface area contributed by atoms with Gasteiger partial charge in [0, 0.05) is 24.8 Å². The van der Waals surface area contributed by atoms with E-state index in [9.17, 15) is 14.4 Å². The lowest BCUT2D eigenvalue weighted by Crippen LogP contribution is -2.44. The van der Waals surface area contributed by atoms with Crippen LogP contribution in [0.15, 0.2) is 48.5 Å². The highest BCUT2D eigenvalue weighted by Crippen LogP contribution is 2.35. The average Bonchev–Trinajstić information content (AvgIpc) is 3.15. The Kier molecular flexibility index (Phi) is 7.64. The minimum atomic E-state index is -0.546. The van der Waals surface area contributed by atoms with E-state index in [1.54, 1.807) is 13.0 Å². The summed E-state index contributed by atoms with van der Waals surface area (Å²) in [5.41, 5.74) is 1.47. The number of thiophene rings is 1. The topological polar surface area (TPSA) is 75.7 Å². The van der Waals surface area contributed by atoms with E-state index in [1.165, 1.54) is 23.2 Å². The summed E-state index contributed by atoms with van der Waals surface area (Å²) in [7, 11) is 0. The van der Waals surface area contributed by atoms with Crippen molar-refractivity contribution >= 4 is 45.0 Å². The molecule has 0 bridgehead atoms. The molecule has 1 aromatic heterocycles. The Morgan fingerprint density at radius 1 is 1.09 bits per heavy atom. The molecule has 0 saturated carbocycles. The second-order valence-electron chi connectivity index (χ2n) is 7.96. The van der Waals surface area contributed by atoms with E-state index in [2.05, 4.69) is 29.6 Å². The van der Waals surface area contributed by atoms with Gasteiger partial charge in [0.05, 0.1) is 12.2 Å². The first-order chi connectivity index (χ1) is 15.3. The van der Waals surface area contributed by atoms with Crippen LogP contribution in [0.5, 0.6) is 0 Å². The van der Waals surface area contributed by atoms with Crippen LogP contribution in [-0.4, -0.2) is 31.1 Å². The SMILES string of the molecule is CCOC(=O)c1cc(Cc2cccc3ccccc23)sc1N(CC(C)C)C(=O)NC(C)=O. The predicted molar refractivity (Wildman–Crippen MR) is 128 cm³/mol. The number of amides is 3. The van der Waals surface area contributed by atoms with Crippen LogP contribution in [0, 0.1) is 5.92 Å². The van der Waals surface area contributed by atoms with Crippen LogP contribution in [0.25, 0.3) is 10.8 Å². The number of fused-ring (bicyclic) bond motifs is 1. The van der Waals surface area contributed by atoms with E-state index in [4.69, 9.17) is 4.74 Å². The normalized spacial score (nSPS) is 10.9. The molecule has 1 heterocycles. The molecule has 2 aromatic carbocycles. The van der Waals surface area contributed by atoms with E-state index in [0.29, 0.717) is 23.5 Å². The van der Waals surface area contributed by atoms with Gasteiger partial charge in [-0.25, -0.2) is 9.59 Å². The van der Waals surface area contributed by atoms with Crippen molar-refractivity contribution in [3.8, 4) is 0 Å². The number of imide groups is 1. The van der Waals surface area contributed by atoms with Gasteiger partial charge in [-0.1, -0.05) is 56.3 Å². The molecule has 3 aromatic rings. The fourth-order valence-corrected chi connectivity index (χ4v) is 4.72. The number of carbonyl (C=O) groups excluding carboxylic acids is 3. The maximum atomic E-state index is 12.8. The van der Waals surface area contributed by atoms with E-state index in [-0.39, 0.29) is 12.5 Å². The van der Waals surface area contributed by atoms with Crippen molar-refractivity contribution in [1.29, 1.82) is 0 Å². The van der Waals surface area contributed by atoms with Gasteiger partial charge in [-0.2, -0.15) is 0 Å². The molecular formula is C25H28N2O4S. The first-order valence-electron chi connectivity index (χ1n) is 10.7. The maximum absolute atomic E-state index is 12.8. The molecule has 7 heteroatoms. The van der Waals surface area contributed by atoms with Gasteiger partial charge in [0.25, 0.3) is 0 Å². The molecule has 6 nitrogen and oxygen atoms in total. The summed E-state index contributed by atoms with van der Waals surface area (Å²) in [5, 5.41) is 5.12. The molecule has 0 saturated heterocycles. The van der Waals surface area contributed by atoms with Crippen molar-refractivity contribution in [2.75, 3.05) is 18.1 Å². The van der Waals surface area contributed by atoms with Gasteiger partial charge >= 0.3 is 12.0 Å². The van der Waals surface area contributed by atoms with Crippen molar-refractivity contribution in [2.24, 2.45) is 5.92 Å². The second kappa shape index (κ2) is 10.4. The molecule has 0 atom stereocenters. The molecular weight excluding hydrogens is 424 g/mol. The molecule has 1 N–H and O–H groups in total. The van der Waals surface area contributed by atoms with Crippen LogP contribution >= 0.6 is 11.3 Å². The Labute approximate surface area is 192 Å². The third-order valence-electron chi connectivity index (χ3n) is 4.82. The maximum Gasteiger partial charge on any atom is 0.341 e. The van der Waals surface area contributed by atoms with Gasteiger partial charge in [-0.15, -0.1) is 11.3 Å². The monoisotopic (exact) mass is 452 g/mol. The average molecular weight is 453 g/mol. The van der Waals surface area contributed by atoms with E-state index in [1.807, 2.05) is 32.0 Å². The number of carbonyl (C=O) groups is 3. The number of hydrogen-bond acceptors (Lipinski definition) is 5. The predicted octanol–water partition coefficient (Wildman–Crippen LogP) is 5.39. The first-order valence-corrected chi connectivity index (χ1v) is 11.5. The number of urea groups is 1. The highest BCUT2D eigenvalue weighted by atomic mass is 32.1. The number of ether oxygens (including phenoxy) is 1. The second-order valence-corrected chi connectivity index (χ2v) is 9.07. The van der Waals surface area contributed by atoms with Crippen LogP contribution in [0.4, 0.5) is 9.80 Å². The van der Waals surface area contributed by atoms with Gasteiger partial charge in [0.15, 0.2) is 0 Å². The molecule has 3 amide bonds. The Hall–Kier alpha value is -3.19. The molecule has 0 aliphatic rings. The number of esters is 1. The molecule has 3 rings (SSSR count). The Bertz CT molecular complexity index is 1130. The van der Waals surface area contributed by atoms with Crippen LogP contribution in [0.1, 0.15) is 48.5 Å². The van der Waals surface area contributed by atoms with E-state index < -0.39 is 17.9 Å². The zero-order valence-electron chi connectivity index (χ0n) is 18.8. The van der Waals surface area contributed by atoms with Crippen LogP contribution in [-0.2, 0) is 16.0 Å². The van der Waals surface area contributed by atoms with Gasteiger partial charge in [0.1, 0.15) is 5.00 Å². The quantitative estimate of drug-likeness (QED) is 0.488. The lowest BCUT2D eigenvalue weighted by atomic mass is 10.0. The highest BCUT2D eigenvalue weighted by molar-refractivity contribution is 7.16. The number of hydrogen-bond donors (Lipinski definition) is 1. The van der Waals surface area contributed by atoms with Crippen molar-refractivity contribution in [3.05, 3.63) is 64.5 Å². The molecule has 0 aliphatic heterocycles. The molecule has 168 valence electrons. The van der Waals surface area contributed by atoms with E-state index >= 15 is 0 Å². The number of nitrogens with zero attached hydrogens (tertiary/aromatic N) is 1. The smallest absolute Gasteiger partial charge is 0.341 e.